The fourth-order valence-electron chi connectivity index (χ4n) is 2.99. The summed E-state index contributed by atoms with van der Waals surface area (Å²) in [7, 11) is -4.25. The van der Waals surface area contributed by atoms with Crippen LogP contribution in [0, 0.1) is 0 Å². The third-order valence-electron chi connectivity index (χ3n) is 4.18. The van der Waals surface area contributed by atoms with Gasteiger partial charge in [0.15, 0.2) is 0 Å². The van der Waals surface area contributed by atoms with Gasteiger partial charge in [-0.05, 0) is 23.3 Å². The summed E-state index contributed by atoms with van der Waals surface area (Å²) in [6, 6.07) is 9.79. The van der Waals surface area contributed by atoms with Crippen molar-refractivity contribution in [3.8, 4) is 0 Å². The van der Waals surface area contributed by atoms with E-state index in [4.69, 9.17) is 5.11 Å². The number of nitrogens with zero attached hydrogens (tertiary/aromatic N) is 1. The van der Waals surface area contributed by atoms with E-state index in [1.54, 1.807) is 30.3 Å². The normalized spacial score (nSPS) is 19.3. The van der Waals surface area contributed by atoms with Crippen molar-refractivity contribution in [2.45, 2.75) is 30.1 Å². The van der Waals surface area contributed by atoms with Crippen LogP contribution in [0.1, 0.15) is 29.2 Å². The van der Waals surface area contributed by atoms with E-state index in [1.807, 2.05) is 0 Å². The molecule has 1 aliphatic heterocycles. The van der Waals surface area contributed by atoms with Crippen molar-refractivity contribution >= 4 is 16.0 Å². The molecule has 2 aromatic rings. The summed E-state index contributed by atoms with van der Waals surface area (Å²) in [4.78, 5) is 10.7. The molecule has 0 saturated carbocycles. The van der Waals surface area contributed by atoms with Crippen LogP contribution in [0.2, 0.25) is 0 Å². The molecule has 1 aliphatic rings. The minimum absolute atomic E-state index is 0.0660. The topological polar surface area (TPSA) is 74.7 Å². The number of halogens is 3. The molecule has 1 heterocycles. The molecule has 0 amide bonds. The molecular formula is C17H14F3NO4S. The summed E-state index contributed by atoms with van der Waals surface area (Å²) in [6.07, 6.45) is -5.23. The lowest BCUT2D eigenvalue weighted by atomic mass is 10.0. The van der Waals surface area contributed by atoms with Gasteiger partial charge in [-0.25, -0.2) is 8.42 Å². The van der Waals surface area contributed by atoms with E-state index in [0.717, 1.165) is 16.4 Å². The third-order valence-corrected chi connectivity index (χ3v) is 6.09. The van der Waals surface area contributed by atoms with E-state index in [0.29, 0.717) is 11.6 Å². The number of sulfonamides is 1. The highest BCUT2D eigenvalue weighted by Crippen LogP contribution is 2.44. The third kappa shape index (κ3) is 3.32. The van der Waals surface area contributed by atoms with E-state index in [9.17, 15) is 26.4 Å². The number of aliphatic carboxylic acids is 1. The van der Waals surface area contributed by atoms with Gasteiger partial charge in [-0.3, -0.25) is 4.79 Å². The second-order valence-corrected chi connectivity index (χ2v) is 7.76. The standard InChI is InChI=1S/C17H14F3NO4S/c18-17(19,20)12-6-7-13-14(9-16(22)23)21(26(24,25)15(13)8-12)10-11-4-2-1-3-5-11/h1-8,14H,9-10H2,(H,22,23)/t14-/m0/s1. The van der Waals surface area contributed by atoms with Crippen LogP contribution in [-0.2, 0) is 27.5 Å². The van der Waals surface area contributed by atoms with Crippen LogP contribution in [0.15, 0.2) is 53.4 Å². The molecule has 3 rings (SSSR count). The highest BCUT2D eigenvalue weighted by molar-refractivity contribution is 7.89. The van der Waals surface area contributed by atoms with Crippen molar-refractivity contribution in [3.05, 3.63) is 65.2 Å². The number of carbonyl (C=O) groups is 1. The first kappa shape index (κ1) is 18.4. The summed E-state index contributed by atoms with van der Waals surface area (Å²) in [5.41, 5.74) is -0.415. The Balaban J connectivity index is 2.10. The van der Waals surface area contributed by atoms with Gasteiger partial charge in [0, 0.05) is 6.54 Å². The molecule has 0 spiro atoms. The number of carboxylic acids is 1. The molecule has 0 aromatic heterocycles. The molecule has 1 atom stereocenters. The van der Waals surface area contributed by atoms with Crippen LogP contribution in [0.25, 0.3) is 0 Å². The summed E-state index contributed by atoms with van der Waals surface area (Å²) in [5, 5.41) is 9.14. The molecule has 26 heavy (non-hydrogen) atoms. The predicted octanol–water partition coefficient (Wildman–Crippen LogP) is 3.43. The van der Waals surface area contributed by atoms with Gasteiger partial charge < -0.3 is 5.11 Å². The zero-order valence-corrected chi connectivity index (χ0v) is 14.1. The fraction of sp³-hybridized carbons (Fsp3) is 0.235. The molecule has 0 aliphatic carbocycles. The Hall–Kier alpha value is -2.39. The van der Waals surface area contributed by atoms with Crippen molar-refractivity contribution in [2.75, 3.05) is 0 Å². The zero-order chi connectivity index (χ0) is 19.1. The lowest BCUT2D eigenvalue weighted by Gasteiger charge is -2.22. The second-order valence-electron chi connectivity index (χ2n) is 5.90. The minimum atomic E-state index is -4.69. The monoisotopic (exact) mass is 385 g/mol. The first-order valence-electron chi connectivity index (χ1n) is 7.59. The highest BCUT2D eigenvalue weighted by Gasteiger charge is 2.45. The Bertz CT molecular complexity index is 942. The number of fused-ring (bicyclic) bond motifs is 1. The van der Waals surface area contributed by atoms with Crippen LogP contribution in [0.4, 0.5) is 13.2 Å². The van der Waals surface area contributed by atoms with Crippen molar-refractivity contribution in [1.29, 1.82) is 0 Å². The van der Waals surface area contributed by atoms with Gasteiger partial charge in [-0.2, -0.15) is 17.5 Å². The summed E-state index contributed by atoms with van der Waals surface area (Å²) in [6.45, 7) is -0.128. The van der Waals surface area contributed by atoms with E-state index >= 15 is 0 Å². The number of hydrogen-bond acceptors (Lipinski definition) is 3. The van der Waals surface area contributed by atoms with Crippen molar-refractivity contribution in [2.24, 2.45) is 0 Å². The van der Waals surface area contributed by atoms with E-state index in [-0.39, 0.29) is 12.1 Å². The molecular weight excluding hydrogens is 371 g/mol. The number of carboxylic acid groups (broad SMARTS) is 1. The average Bonchev–Trinajstić information content (AvgIpc) is 2.76. The largest absolute Gasteiger partial charge is 0.481 e. The predicted molar refractivity (Wildman–Crippen MR) is 85.6 cm³/mol. The Morgan fingerprint density at radius 1 is 1.12 bits per heavy atom. The fourth-order valence-corrected chi connectivity index (χ4v) is 4.87. The maximum Gasteiger partial charge on any atom is 0.416 e. The molecule has 9 heteroatoms. The van der Waals surface area contributed by atoms with Crippen LogP contribution in [0.3, 0.4) is 0 Å². The summed E-state index contributed by atoms with van der Waals surface area (Å²) < 4.78 is 65.5. The van der Waals surface area contributed by atoms with Gasteiger partial charge in [0.2, 0.25) is 10.0 Å². The molecule has 0 unspecified atom stereocenters. The van der Waals surface area contributed by atoms with Gasteiger partial charge in [-0.1, -0.05) is 36.4 Å². The van der Waals surface area contributed by atoms with E-state index in [1.165, 1.54) is 0 Å². The number of rotatable bonds is 4. The Labute approximate surface area is 147 Å². The first-order valence-corrected chi connectivity index (χ1v) is 9.03. The minimum Gasteiger partial charge on any atom is -0.481 e. The zero-order valence-electron chi connectivity index (χ0n) is 13.3. The Morgan fingerprint density at radius 2 is 1.77 bits per heavy atom. The maximum absolute atomic E-state index is 13.0. The Morgan fingerprint density at radius 3 is 2.35 bits per heavy atom. The van der Waals surface area contributed by atoms with Crippen LogP contribution < -0.4 is 0 Å². The SMILES string of the molecule is O=C(O)C[C@H]1c2ccc(C(F)(F)F)cc2S(=O)(=O)N1Cc1ccccc1. The molecule has 0 saturated heterocycles. The van der Waals surface area contributed by atoms with Gasteiger partial charge in [-0.15, -0.1) is 0 Å². The molecule has 0 fully saturated rings. The number of alkyl halides is 3. The average molecular weight is 385 g/mol. The quantitative estimate of drug-likeness (QED) is 0.875. The highest BCUT2D eigenvalue weighted by atomic mass is 32.2. The molecule has 5 nitrogen and oxygen atoms in total. The van der Waals surface area contributed by atoms with Crippen LogP contribution >= 0.6 is 0 Å². The van der Waals surface area contributed by atoms with E-state index in [2.05, 4.69) is 0 Å². The van der Waals surface area contributed by atoms with Gasteiger partial charge in [0.25, 0.3) is 0 Å². The van der Waals surface area contributed by atoms with Crippen LogP contribution in [0.5, 0.6) is 0 Å². The molecule has 1 N–H and O–H groups in total. The number of hydrogen-bond donors (Lipinski definition) is 1. The maximum atomic E-state index is 13.0. The van der Waals surface area contributed by atoms with Crippen molar-refractivity contribution < 1.29 is 31.5 Å². The molecule has 138 valence electrons. The van der Waals surface area contributed by atoms with Crippen LogP contribution in [-0.4, -0.2) is 23.8 Å². The van der Waals surface area contributed by atoms with Crippen molar-refractivity contribution in [1.82, 2.24) is 4.31 Å². The van der Waals surface area contributed by atoms with E-state index < -0.39 is 45.1 Å². The van der Waals surface area contributed by atoms with Crippen molar-refractivity contribution in [3.63, 3.8) is 0 Å². The lowest BCUT2D eigenvalue weighted by Crippen LogP contribution is -2.29. The summed E-state index contributed by atoms with van der Waals surface area (Å²) in [5.74, 6) is -1.24. The smallest absolute Gasteiger partial charge is 0.416 e. The molecule has 0 bridgehead atoms. The van der Waals surface area contributed by atoms with Gasteiger partial charge >= 0.3 is 12.1 Å². The second kappa shape index (κ2) is 6.40. The first-order chi connectivity index (χ1) is 12.1. The number of benzene rings is 2. The molecule has 0 radical (unpaired) electrons. The summed E-state index contributed by atoms with van der Waals surface area (Å²) >= 11 is 0. The lowest BCUT2D eigenvalue weighted by molar-refractivity contribution is -0.139. The van der Waals surface area contributed by atoms with Gasteiger partial charge in [0.1, 0.15) is 0 Å². The molecule has 2 aromatic carbocycles. The Kier molecular flexibility index (Phi) is 4.53. The van der Waals surface area contributed by atoms with Gasteiger partial charge in [0.05, 0.1) is 22.9 Å².